The summed E-state index contributed by atoms with van der Waals surface area (Å²) in [5.74, 6) is 3.56. The Kier molecular flexibility index (Phi) is 7.11. The lowest BCUT2D eigenvalue weighted by Gasteiger charge is -2.34. The van der Waals surface area contributed by atoms with Gasteiger partial charge >= 0.3 is 0 Å². The molecule has 1 aromatic carbocycles. The lowest BCUT2D eigenvalue weighted by atomic mass is 10.1. The van der Waals surface area contributed by atoms with Crippen LogP contribution in [0.15, 0.2) is 16.7 Å². The second-order valence-corrected chi connectivity index (χ2v) is 6.90. The second kappa shape index (κ2) is 9.75. The SMILES string of the molecule is CCCc1noc(CN2CCN(Cc3ccc(OC)c(OC)c3OC)CC2)n1. The number of ether oxygens (including phenoxy) is 3. The molecule has 154 valence electrons. The number of hydrogen-bond donors (Lipinski definition) is 0. The fourth-order valence-corrected chi connectivity index (χ4v) is 3.50. The number of hydrogen-bond acceptors (Lipinski definition) is 8. The Morgan fingerprint density at radius 1 is 0.929 bits per heavy atom. The predicted molar refractivity (Wildman–Crippen MR) is 105 cm³/mol. The van der Waals surface area contributed by atoms with Crippen LogP contribution in [0.25, 0.3) is 0 Å². The van der Waals surface area contributed by atoms with Gasteiger partial charge in [-0.05, 0) is 12.5 Å². The van der Waals surface area contributed by atoms with Crippen LogP contribution in [0, 0.1) is 0 Å². The smallest absolute Gasteiger partial charge is 0.240 e. The van der Waals surface area contributed by atoms with E-state index < -0.39 is 0 Å². The minimum atomic E-state index is 0.639. The molecule has 1 aliphatic heterocycles. The third kappa shape index (κ3) is 4.74. The van der Waals surface area contributed by atoms with Gasteiger partial charge in [0.1, 0.15) is 0 Å². The Balaban J connectivity index is 1.56. The molecule has 2 aromatic rings. The lowest BCUT2D eigenvalue weighted by molar-refractivity contribution is 0.111. The van der Waals surface area contributed by atoms with Gasteiger partial charge in [-0.1, -0.05) is 18.1 Å². The number of aryl methyl sites for hydroxylation is 1. The zero-order valence-corrected chi connectivity index (χ0v) is 17.2. The second-order valence-electron chi connectivity index (χ2n) is 6.90. The highest BCUT2D eigenvalue weighted by atomic mass is 16.5. The standard InChI is InChI=1S/C20H30N4O4/c1-5-6-17-21-18(28-22-17)14-24-11-9-23(10-12-24)13-15-7-8-16(25-2)20(27-4)19(15)26-3/h7-8H,5-6,9-14H2,1-4H3. The van der Waals surface area contributed by atoms with Gasteiger partial charge in [-0.3, -0.25) is 9.80 Å². The summed E-state index contributed by atoms with van der Waals surface area (Å²) >= 11 is 0. The molecule has 0 spiro atoms. The normalized spacial score (nSPS) is 15.6. The highest BCUT2D eigenvalue weighted by Gasteiger charge is 2.22. The third-order valence-electron chi connectivity index (χ3n) is 4.99. The molecule has 0 radical (unpaired) electrons. The number of nitrogens with zero attached hydrogens (tertiary/aromatic N) is 4. The molecule has 28 heavy (non-hydrogen) atoms. The van der Waals surface area contributed by atoms with E-state index in [2.05, 4.69) is 26.9 Å². The van der Waals surface area contributed by atoms with E-state index in [1.165, 1.54) is 0 Å². The maximum Gasteiger partial charge on any atom is 0.240 e. The Labute approximate surface area is 166 Å². The van der Waals surface area contributed by atoms with E-state index in [-0.39, 0.29) is 0 Å². The van der Waals surface area contributed by atoms with Gasteiger partial charge in [0.2, 0.25) is 11.6 Å². The van der Waals surface area contributed by atoms with Gasteiger partial charge in [0.15, 0.2) is 17.3 Å². The average Bonchev–Trinajstić information content (AvgIpc) is 3.16. The number of benzene rings is 1. The Bertz CT molecular complexity index is 757. The van der Waals surface area contributed by atoms with Gasteiger partial charge in [0.05, 0.1) is 27.9 Å². The molecular formula is C20H30N4O4. The lowest BCUT2D eigenvalue weighted by Crippen LogP contribution is -2.45. The van der Waals surface area contributed by atoms with Crippen LogP contribution in [0.1, 0.15) is 30.6 Å². The molecule has 0 unspecified atom stereocenters. The van der Waals surface area contributed by atoms with Crippen LogP contribution in [-0.4, -0.2) is 67.4 Å². The van der Waals surface area contributed by atoms with Gasteiger partial charge in [-0.25, -0.2) is 0 Å². The Hall–Kier alpha value is -2.32. The van der Waals surface area contributed by atoms with Gasteiger partial charge in [-0.15, -0.1) is 0 Å². The molecule has 0 amide bonds. The van der Waals surface area contributed by atoms with Crippen molar-refractivity contribution in [3.63, 3.8) is 0 Å². The van der Waals surface area contributed by atoms with Crippen molar-refractivity contribution >= 4 is 0 Å². The first kappa shape index (κ1) is 20.4. The van der Waals surface area contributed by atoms with Crippen LogP contribution in [-0.2, 0) is 19.5 Å². The number of aromatic nitrogens is 2. The monoisotopic (exact) mass is 390 g/mol. The maximum atomic E-state index is 5.60. The first-order valence-corrected chi connectivity index (χ1v) is 9.72. The van der Waals surface area contributed by atoms with Crippen LogP contribution in [0.5, 0.6) is 17.2 Å². The van der Waals surface area contributed by atoms with Crippen molar-refractivity contribution in [2.75, 3.05) is 47.5 Å². The van der Waals surface area contributed by atoms with Crippen LogP contribution in [0.3, 0.4) is 0 Å². The van der Waals surface area contributed by atoms with Crippen LogP contribution in [0.2, 0.25) is 0 Å². The van der Waals surface area contributed by atoms with E-state index in [9.17, 15) is 0 Å². The molecule has 0 N–H and O–H groups in total. The summed E-state index contributed by atoms with van der Waals surface area (Å²) in [5.41, 5.74) is 1.09. The van der Waals surface area contributed by atoms with Gasteiger partial charge in [0.25, 0.3) is 0 Å². The molecule has 0 saturated carbocycles. The Morgan fingerprint density at radius 2 is 1.61 bits per heavy atom. The highest BCUT2D eigenvalue weighted by Crippen LogP contribution is 2.40. The molecule has 3 rings (SSSR count). The zero-order valence-electron chi connectivity index (χ0n) is 17.2. The molecule has 0 bridgehead atoms. The highest BCUT2D eigenvalue weighted by molar-refractivity contribution is 5.55. The summed E-state index contributed by atoms with van der Waals surface area (Å²) in [4.78, 5) is 9.23. The summed E-state index contributed by atoms with van der Waals surface area (Å²) < 4.78 is 21.8. The van der Waals surface area contributed by atoms with Crippen LogP contribution < -0.4 is 14.2 Å². The Morgan fingerprint density at radius 3 is 2.21 bits per heavy atom. The van der Waals surface area contributed by atoms with Crippen molar-refractivity contribution in [2.24, 2.45) is 0 Å². The van der Waals surface area contributed by atoms with Crippen molar-refractivity contribution < 1.29 is 18.7 Å². The van der Waals surface area contributed by atoms with Crippen molar-refractivity contribution in [1.29, 1.82) is 0 Å². The van der Waals surface area contributed by atoms with E-state index >= 15 is 0 Å². The minimum absolute atomic E-state index is 0.639. The van der Waals surface area contributed by atoms with Gasteiger partial charge in [0, 0.05) is 44.7 Å². The molecule has 1 aliphatic rings. The minimum Gasteiger partial charge on any atom is -0.493 e. The summed E-state index contributed by atoms with van der Waals surface area (Å²) in [6.07, 6.45) is 1.89. The number of piperazine rings is 1. The van der Waals surface area contributed by atoms with Crippen molar-refractivity contribution in [2.45, 2.75) is 32.9 Å². The zero-order chi connectivity index (χ0) is 19.9. The predicted octanol–water partition coefficient (Wildman–Crippen LogP) is 2.37. The maximum absolute atomic E-state index is 5.60. The van der Waals surface area contributed by atoms with E-state index in [4.69, 9.17) is 18.7 Å². The summed E-state index contributed by atoms with van der Waals surface area (Å²) in [7, 11) is 4.92. The molecule has 0 aliphatic carbocycles. The molecule has 8 nitrogen and oxygen atoms in total. The largest absolute Gasteiger partial charge is 0.493 e. The topological polar surface area (TPSA) is 73.1 Å². The summed E-state index contributed by atoms with van der Waals surface area (Å²) in [6, 6.07) is 3.97. The molecular weight excluding hydrogens is 360 g/mol. The molecule has 8 heteroatoms. The molecule has 1 fully saturated rings. The van der Waals surface area contributed by atoms with Crippen molar-refractivity contribution in [3.8, 4) is 17.2 Å². The summed E-state index contributed by atoms with van der Waals surface area (Å²) in [5, 5.41) is 4.03. The van der Waals surface area contributed by atoms with Crippen LogP contribution >= 0.6 is 0 Å². The quantitative estimate of drug-likeness (QED) is 0.646. The van der Waals surface area contributed by atoms with Crippen molar-refractivity contribution in [1.82, 2.24) is 19.9 Å². The average molecular weight is 390 g/mol. The number of methoxy groups -OCH3 is 3. The third-order valence-corrected chi connectivity index (χ3v) is 4.99. The molecule has 1 saturated heterocycles. The fourth-order valence-electron chi connectivity index (χ4n) is 3.50. The summed E-state index contributed by atoms with van der Waals surface area (Å²) in [6.45, 7) is 7.48. The van der Waals surface area contributed by atoms with Crippen LogP contribution in [0.4, 0.5) is 0 Å². The van der Waals surface area contributed by atoms with Gasteiger partial charge < -0.3 is 18.7 Å². The van der Waals surface area contributed by atoms with E-state index in [0.29, 0.717) is 23.9 Å². The molecule has 0 atom stereocenters. The van der Waals surface area contributed by atoms with Gasteiger partial charge in [-0.2, -0.15) is 4.98 Å². The first-order valence-electron chi connectivity index (χ1n) is 9.72. The van der Waals surface area contributed by atoms with E-state index in [0.717, 1.165) is 62.7 Å². The molecule has 2 heterocycles. The first-order chi connectivity index (χ1) is 13.7. The van der Waals surface area contributed by atoms with E-state index in [1.54, 1.807) is 21.3 Å². The van der Waals surface area contributed by atoms with Crippen molar-refractivity contribution in [3.05, 3.63) is 29.4 Å². The fraction of sp³-hybridized carbons (Fsp3) is 0.600. The van der Waals surface area contributed by atoms with E-state index in [1.807, 2.05) is 12.1 Å². The molecule has 1 aromatic heterocycles. The number of rotatable bonds is 9.